The maximum Gasteiger partial charge on any atom is 0.256 e. The van der Waals surface area contributed by atoms with Crippen molar-refractivity contribution in [2.24, 2.45) is 5.41 Å². The lowest BCUT2D eigenvalue weighted by Crippen LogP contribution is -2.64. The maximum atomic E-state index is 14.0. The molecule has 0 radical (unpaired) electrons. The van der Waals surface area contributed by atoms with Crippen molar-refractivity contribution < 1.29 is 9.18 Å². The van der Waals surface area contributed by atoms with E-state index in [1.165, 1.54) is 11.6 Å². The highest BCUT2D eigenvalue weighted by atomic mass is 19.1. The fraction of sp³-hybridized carbons (Fsp3) is 0.435. The molecule has 0 saturated carbocycles. The van der Waals surface area contributed by atoms with Crippen LogP contribution in [0.5, 0.6) is 0 Å². The third kappa shape index (κ3) is 3.16. The van der Waals surface area contributed by atoms with Crippen LogP contribution in [0.3, 0.4) is 0 Å². The van der Waals surface area contributed by atoms with E-state index in [4.69, 9.17) is 0 Å². The van der Waals surface area contributed by atoms with Crippen LogP contribution >= 0.6 is 0 Å². The molecule has 1 unspecified atom stereocenters. The van der Waals surface area contributed by atoms with Gasteiger partial charge in [-0.1, -0.05) is 42.5 Å². The van der Waals surface area contributed by atoms with Gasteiger partial charge in [-0.05, 0) is 44.4 Å². The van der Waals surface area contributed by atoms with Crippen LogP contribution < -0.4 is 0 Å². The zero-order valence-electron chi connectivity index (χ0n) is 16.1. The molecule has 2 saturated heterocycles. The molecule has 1 atom stereocenters. The van der Waals surface area contributed by atoms with Crippen LogP contribution in [0.4, 0.5) is 4.39 Å². The Balaban J connectivity index is 1.51. The molecule has 4 heteroatoms. The number of hydrogen-bond donors (Lipinski definition) is 0. The lowest BCUT2D eigenvalue weighted by atomic mass is 9.62. The first-order valence-electron chi connectivity index (χ1n) is 9.86. The van der Waals surface area contributed by atoms with Crippen molar-refractivity contribution in [2.75, 3.05) is 19.6 Å². The van der Waals surface area contributed by atoms with Gasteiger partial charge in [0.05, 0.1) is 5.56 Å². The third-order valence-corrected chi connectivity index (χ3v) is 6.34. The summed E-state index contributed by atoms with van der Waals surface area (Å²) < 4.78 is 14.0. The Hall–Kier alpha value is -2.20. The topological polar surface area (TPSA) is 23.6 Å². The number of piperidine rings is 1. The second-order valence-electron chi connectivity index (χ2n) is 8.21. The van der Waals surface area contributed by atoms with Gasteiger partial charge in [0, 0.05) is 37.1 Å². The van der Waals surface area contributed by atoms with Gasteiger partial charge in [-0.3, -0.25) is 9.69 Å². The highest BCUT2D eigenvalue weighted by Gasteiger charge is 2.54. The van der Waals surface area contributed by atoms with E-state index in [1.807, 2.05) is 4.90 Å². The number of hydrogen-bond acceptors (Lipinski definition) is 2. The molecule has 0 bridgehead atoms. The number of nitrogens with zero attached hydrogens (tertiary/aromatic N) is 2. The van der Waals surface area contributed by atoms with Crippen LogP contribution in [-0.2, 0) is 0 Å². The van der Waals surface area contributed by atoms with Crippen molar-refractivity contribution in [3.8, 4) is 0 Å². The largest absolute Gasteiger partial charge is 0.339 e. The first kappa shape index (κ1) is 18.2. The second-order valence-corrected chi connectivity index (χ2v) is 8.21. The van der Waals surface area contributed by atoms with E-state index in [-0.39, 0.29) is 16.9 Å². The fourth-order valence-corrected chi connectivity index (χ4v) is 4.83. The summed E-state index contributed by atoms with van der Waals surface area (Å²) in [6.45, 7) is 6.97. The normalized spacial score (nSPS) is 22.1. The van der Waals surface area contributed by atoms with Crippen LogP contribution in [0, 0.1) is 11.2 Å². The zero-order chi connectivity index (χ0) is 19.0. The van der Waals surface area contributed by atoms with Crippen LogP contribution in [0.2, 0.25) is 0 Å². The summed E-state index contributed by atoms with van der Waals surface area (Å²) >= 11 is 0. The number of amides is 1. The number of benzene rings is 2. The van der Waals surface area contributed by atoms with Crippen molar-refractivity contribution in [2.45, 2.75) is 38.8 Å². The number of likely N-dealkylation sites (tertiary alicyclic amines) is 2. The highest BCUT2D eigenvalue weighted by molar-refractivity contribution is 5.94. The predicted octanol–water partition coefficient (Wildman–Crippen LogP) is 4.51. The summed E-state index contributed by atoms with van der Waals surface area (Å²) in [5.74, 6) is -0.612. The van der Waals surface area contributed by atoms with Crippen molar-refractivity contribution in [3.63, 3.8) is 0 Å². The molecule has 2 fully saturated rings. The molecule has 3 nitrogen and oxygen atoms in total. The molecule has 2 aromatic rings. The van der Waals surface area contributed by atoms with Gasteiger partial charge in [0.2, 0.25) is 0 Å². The van der Waals surface area contributed by atoms with E-state index in [9.17, 15) is 9.18 Å². The summed E-state index contributed by atoms with van der Waals surface area (Å²) in [6.07, 6.45) is 1.94. The van der Waals surface area contributed by atoms with Crippen LogP contribution in [0.25, 0.3) is 0 Å². The minimum absolute atomic E-state index is 0.181. The molecule has 0 aromatic heterocycles. The van der Waals surface area contributed by atoms with Crippen molar-refractivity contribution in [3.05, 3.63) is 71.5 Å². The quantitative estimate of drug-likeness (QED) is 0.798. The standard InChI is InChI=1S/C23H27FN2O/c1-17(2)26-16-23(21(26)18-8-4-3-5-9-18)12-14-25(15-13-23)22(27)19-10-6-7-11-20(19)24/h3-11,17,21H,12-16H2,1-2H3. The van der Waals surface area contributed by atoms with Gasteiger partial charge in [0.25, 0.3) is 5.91 Å². The van der Waals surface area contributed by atoms with Crippen LogP contribution in [-0.4, -0.2) is 41.4 Å². The SMILES string of the molecule is CC(C)N1CC2(CCN(C(=O)c3ccccc3F)CC2)C1c1ccccc1. The molecule has 2 aliphatic heterocycles. The van der Waals surface area contributed by atoms with Gasteiger partial charge < -0.3 is 4.90 Å². The van der Waals surface area contributed by atoms with E-state index >= 15 is 0 Å². The Morgan fingerprint density at radius 2 is 1.67 bits per heavy atom. The zero-order valence-corrected chi connectivity index (χ0v) is 16.1. The average molecular weight is 366 g/mol. The first-order chi connectivity index (χ1) is 13.0. The van der Waals surface area contributed by atoms with E-state index in [1.54, 1.807) is 18.2 Å². The van der Waals surface area contributed by atoms with E-state index in [0.717, 1.165) is 19.4 Å². The van der Waals surface area contributed by atoms with Crippen LogP contribution in [0.15, 0.2) is 54.6 Å². The molecule has 0 N–H and O–H groups in total. The summed E-state index contributed by atoms with van der Waals surface area (Å²) in [4.78, 5) is 17.1. The molecular formula is C23H27FN2O. The van der Waals surface area contributed by atoms with Gasteiger partial charge in [-0.25, -0.2) is 4.39 Å². The lowest BCUT2D eigenvalue weighted by molar-refractivity contribution is -0.124. The minimum Gasteiger partial charge on any atom is -0.339 e. The monoisotopic (exact) mass is 366 g/mol. The Kier molecular flexibility index (Phi) is 4.77. The smallest absolute Gasteiger partial charge is 0.256 e. The number of halogens is 1. The maximum absolute atomic E-state index is 14.0. The van der Waals surface area contributed by atoms with E-state index in [2.05, 4.69) is 49.1 Å². The van der Waals surface area contributed by atoms with Gasteiger partial charge in [0.15, 0.2) is 0 Å². The van der Waals surface area contributed by atoms with Crippen LogP contribution in [0.1, 0.15) is 48.7 Å². The van der Waals surface area contributed by atoms with Gasteiger partial charge >= 0.3 is 0 Å². The average Bonchev–Trinajstić information content (AvgIpc) is 2.67. The molecule has 2 aromatic carbocycles. The third-order valence-electron chi connectivity index (χ3n) is 6.34. The number of rotatable bonds is 3. The Labute approximate surface area is 160 Å². The van der Waals surface area contributed by atoms with Gasteiger partial charge in [-0.2, -0.15) is 0 Å². The minimum atomic E-state index is -0.431. The summed E-state index contributed by atoms with van der Waals surface area (Å²) in [6, 6.07) is 17.9. The summed E-state index contributed by atoms with van der Waals surface area (Å²) in [7, 11) is 0. The van der Waals surface area contributed by atoms with Crippen molar-refractivity contribution in [1.82, 2.24) is 9.80 Å². The summed E-state index contributed by atoms with van der Waals surface area (Å²) in [5.41, 5.74) is 1.77. The summed E-state index contributed by atoms with van der Waals surface area (Å²) in [5, 5.41) is 0. The first-order valence-corrected chi connectivity index (χ1v) is 9.86. The van der Waals surface area contributed by atoms with Crippen molar-refractivity contribution in [1.29, 1.82) is 0 Å². The Morgan fingerprint density at radius 1 is 1.04 bits per heavy atom. The lowest BCUT2D eigenvalue weighted by Gasteiger charge is -2.62. The molecule has 2 aliphatic rings. The molecule has 0 aliphatic carbocycles. The van der Waals surface area contributed by atoms with Gasteiger partial charge in [0.1, 0.15) is 5.82 Å². The molecule has 27 heavy (non-hydrogen) atoms. The van der Waals surface area contributed by atoms with Crippen molar-refractivity contribution >= 4 is 5.91 Å². The second kappa shape index (κ2) is 7.08. The van der Waals surface area contributed by atoms with Gasteiger partial charge in [-0.15, -0.1) is 0 Å². The molecule has 2 heterocycles. The number of carbonyl (C=O) groups is 1. The molecule has 1 spiro atoms. The fourth-order valence-electron chi connectivity index (χ4n) is 4.83. The Morgan fingerprint density at radius 3 is 2.30 bits per heavy atom. The van der Waals surface area contributed by atoms with E-state index in [0.29, 0.717) is 25.2 Å². The number of carbonyl (C=O) groups excluding carboxylic acids is 1. The predicted molar refractivity (Wildman–Crippen MR) is 105 cm³/mol. The highest BCUT2D eigenvalue weighted by Crippen LogP contribution is 2.55. The Bertz CT molecular complexity index is 812. The molecule has 4 rings (SSSR count). The molecule has 142 valence electrons. The van der Waals surface area contributed by atoms with E-state index < -0.39 is 5.82 Å². The molecule has 1 amide bonds. The molecular weight excluding hydrogens is 339 g/mol.